The van der Waals surface area contributed by atoms with Crippen LogP contribution in [0.25, 0.3) is 0 Å². The quantitative estimate of drug-likeness (QED) is 0.824. The van der Waals surface area contributed by atoms with E-state index in [1.807, 2.05) is 42.5 Å². The van der Waals surface area contributed by atoms with Crippen LogP contribution in [0.3, 0.4) is 0 Å². The molecule has 2 aromatic carbocycles. The molecule has 0 spiro atoms. The summed E-state index contributed by atoms with van der Waals surface area (Å²) in [5.74, 6) is 0.784. The maximum absolute atomic E-state index is 6.28. The zero-order valence-electron chi connectivity index (χ0n) is 12.0. The SMILES string of the molecule is CCC(N)Cc1c(Cl)cccc1OCc1cccc(Cl)c1. The maximum atomic E-state index is 6.28. The van der Waals surface area contributed by atoms with Crippen LogP contribution in [0, 0.1) is 0 Å². The highest BCUT2D eigenvalue weighted by Crippen LogP contribution is 2.28. The van der Waals surface area contributed by atoms with Crippen LogP contribution >= 0.6 is 23.2 Å². The first-order chi connectivity index (χ1) is 10.1. The summed E-state index contributed by atoms with van der Waals surface area (Å²) in [6.45, 7) is 2.52. The second kappa shape index (κ2) is 7.69. The van der Waals surface area contributed by atoms with E-state index in [9.17, 15) is 0 Å². The number of halogens is 2. The van der Waals surface area contributed by atoms with Gasteiger partial charge in [-0.1, -0.05) is 48.3 Å². The van der Waals surface area contributed by atoms with E-state index in [4.69, 9.17) is 33.7 Å². The van der Waals surface area contributed by atoms with Crippen LogP contribution in [0.2, 0.25) is 10.0 Å². The molecular weight excluding hydrogens is 305 g/mol. The van der Waals surface area contributed by atoms with Crippen molar-refractivity contribution in [1.29, 1.82) is 0 Å². The molecule has 112 valence electrons. The minimum absolute atomic E-state index is 0.0819. The Labute approximate surface area is 135 Å². The summed E-state index contributed by atoms with van der Waals surface area (Å²) in [5, 5.41) is 1.40. The fraction of sp³-hybridized carbons (Fsp3) is 0.294. The third-order valence-corrected chi connectivity index (χ3v) is 3.94. The third-order valence-electron chi connectivity index (χ3n) is 3.35. The smallest absolute Gasteiger partial charge is 0.124 e. The highest BCUT2D eigenvalue weighted by molar-refractivity contribution is 6.31. The van der Waals surface area contributed by atoms with Gasteiger partial charge in [0, 0.05) is 21.7 Å². The van der Waals surface area contributed by atoms with Crippen LogP contribution in [0.4, 0.5) is 0 Å². The zero-order valence-corrected chi connectivity index (χ0v) is 13.5. The van der Waals surface area contributed by atoms with Crippen LogP contribution in [0.15, 0.2) is 42.5 Å². The molecule has 2 aromatic rings. The van der Waals surface area contributed by atoms with Gasteiger partial charge in [-0.3, -0.25) is 0 Å². The van der Waals surface area contributed by atoms with Crippen molar-refractivity contribution in [3.8, 4) is 5.75 Å². The number of nitrogens with two attached hydrogens (primary N) is 1. The molecule has 0 aliphatic heterocycles. The fourth-order valence-corrected chi connectivity index (χ4v) is 2.52. The molecule has 2 nitrogen and oxygen atoms in total. The van der Waals surface area contributed by atoms with E-state index in [1.165, 1.54) is 0 Å². The monoisotopic (exact) mass is 323 g/mol. The Hall–Kier alpha value is -1.22. The van der Waals surface area contributed by atoms with Gasteiger partial charge in [0.2, 0.25) is 0 Å². The Morgan fingerprint density at radius 1 is 1.14 bits per heavy atom. The Bertz CT molecular complexity index is 601. The predicted molar refractivity (Wildman–Crippen MR) is 89.2 cm³/mol. The summed E-state index contributed by atoms with van der Waals surface area (Å²) in [7, 11) is 0. The lowest BCUT2D eigenvalue weighted by molar-refractivity contribution is 0.302. The Kier molecular flexibility index (Phi) is 5.92. The standard InChI is InChI=1S/C17H19Cl2NO/c1-2-14(20)10-15-16(19)7-4-8-17(15)21-11-12-5-3-6-13(18)9-12/h3-9,14H,2,10-11,20H2,1H3. The van der Waals surface area contributed by atoms with Gasteiger partial charge in [-0.15, -0.1) is 0 Å². The van der Waals surface area contributed by atoms with Gasteiger partial charge in [-0.2, -0.15) is 0 Å². The van der Waals surface area contributed by atoms with E-state index >= 15 is 0 Å². The lowest BCUT2D eigenvalue weighted by Crippen LogP contribution is -2.22. The van der Waals surface area contributed by atoms with Crippen molar-refractivity contribution < 1.29 is 4.74 Å². The lowest BCUT2D eigenvalue weighted by atomic mass is 10.0. The molecule has 0 radical (unpaired) electrons. The van der Waals surface area contributed by atoms with E-state index in [1.54, 1.807) is 0 Å². The average molecular weight is 324 g/mol. The maximum Gasteiger partial charge on any atom is 0.124 e. The molecule has 0 saturated heterocycles. The first-order valence-corrected chi connectivity index (χ1v) is 7.76. The number of hydrogen-bond acceptors (Lipinski definition) is 2. The predicted octanol–water partition coefficient (Wildman–Crippen LogP) is 4.85. The van der Waals surface area contributed by atoms with Crippen molar-refractivity contribution in [3.63, 3.8) is 0 Å². The van der Waals surface area contributed by atoms with Crippen LogP contribution in [0.5, 0.6) is 5.75 Å². The van der Waals surface area contributed by atoms with Gasteiger partial charge in [-0.25, -0.2) is 0 Å². The number of benzene rings is 2. The van der Waals surface area contributed by atoms with Gasteiger partial charge in [0.1, 0.15) is 12.4 Å². The third kappa shape index (κ3) is 4.63. The Morgan fingerprint density at radius 2 is 1.90 bits per heavy atom. The molecule has 0 aliphatic rings. The molecule has 21 heavy (non-hydrogen) atoms. The van der Waals surface area contributed by atoms with Crippen molar-refractivity contribution in [2.75, 3.05) is 0 Å². The largest absolute Gasteiger partial charge is 0.489 e. The van der Waals surface area contributed by atoms with E-state index in [-0.39, 0.29) is 6.04 Å². The molecule has 0 saturated carbocycles. The average Bonchev–Trinajstić information content (AvgIpc) is 2.47. The fourth-order valence-electron chi connectivity index (χ4n) is 2.07. The van der Waals surface area contributed by atoms with Crippen molar-refractivity contribution in [3.05, 3.63) is 63.6 Å². The summed E-state index contributed by atoms with van der Waals surface area (Å²) < 4.78 is 5.91. The van der Waals surface area contributed by atoms with Crippen molar-refractivity contribution in [1.82, 2.24) is 0 Å². The minimum Gasteiger partial charge on any atom is -0.489 e. The number of rotatable bonds is 6. The highest BCUT2D eigenvalue weighted by Gasteiger charge is 2.12. The summed E-state index contributed by atoms with van der Waals surface area (Å²) >= 11 is 12.3. The molecule has 0 bridgehead atoms. The summed E-state index contributed by atoms with van der Waals surface area (Å²) in [4.78, 5) is 0. The first-order valence-electron chi connectivity index (χ1n) is 7.00. The van der Waals surface area contributed by atoms with E-state index in [0.717, 1.165) is 23.3 Å². The highest BCUT2D eigenvalue weighted by atomic mass is 35.5. The molecule has 1 unspecified atom stereocenters. The molecule has 4 heteroatoms. The molecule has 0 fully saturated rings. The molecule has 0 heterocycles. The van der Waals surface area contributed by atoms with Crippen LogP contribution in [-0.2, 0) is 13.0 Å². The van der Waals surface area contributed by atoms with Crippen LogP contribution in [0.1, 0.15) is 24.5 Å². The zero-order chi connectivity index (χ0) is 15.2. The Morgan fingerprint density at radius 3 is 2.62 bits per heavy atom. The van der Waals surface area contributed by atoms with Gasteiger partial charge in [0.05, 0.1) is 0 Å². The molecule has 0 aromatic heterocycles. The van der Waals surface area contributed by atoms with Gasteiger partial charge < -0.3 is 10.5 Å². The molecule has 0 amide bonds. The minimum atomic E-state index is 0.0819. The van der Waals surface area contributed by atoms with Crippen LogP contribution < -0.4 is 10.5 Å². The van der Waals surface area contributed by atoms with Crippen LogP contribution in [-0.4, -0.2) is 6.04 Å². The normalized spacial score (nSPS) is 12.2. The van der Waals surface area contributed by atoms with E-state index in [2.05, 4.69) is 6.92 Å². The van der Waals surface area contributed by atoms with Gasteiger partial charge in [0.15, 0.2) is 0 Å². The van der Waals surface area contributed by atoms with Crippen molar-refractivity contribution in [2.24, 2.45) is 5.73 Å². The Balaban J connectivity index is 2.14. The topological polar surface area (TPSA) is 35.2 Å². The molecule has 0 aliphatic carbocycles. The number of ether oxygens (including phenoxy) is 1. The lowest BCUT2D eigenvalue weighted by Gasteiger charge is -2.16. The van der Waals surface area contributed by atoms with Gasteiger partial charge in [-0.05, 0) is 42.7 Å². The van der Waals surface area contributed by atoms with Crippen molar-refractivity contribution >= 4 is 23.2 Å². The molecule has 1 atom stereocenters. The van der Waals surface area contributed by atoms with E-state index < -0.39 is 0 Å². The molecule has 2 rings (SSSR count). The van der Waals surface area contributed by atoms with Gasteiger partial charge >= 0.3 is 0 Å². The van der Waals surface area contributed by atoms with Gasteiger partial charge in [0.25, 0.3) is 0 Å². The van der Waals surface area contributed by atoms with E-state index in [0.29, 0.717) is 23.1 Å². The second-order valence-corrected chi connectivity index (χ2v) is 5.85. The summed E-state index contributed by atoms with van der Waals surface area (Å²) in [6.07, 6.45) is 1.61. The second-order valence-electron chi connectivity index (χ2n) is 5.01. The molecule has 2 N–H and O–H groups in total. The molecular formula is C17H19Cl2NO. The number of hydrogen-bond donors (Lipinski definition) is 1. The van der Waals surface area contributed by atoms with Crippen molar-refractivity contribution in [2.45, 2.75) is 32.4 Å². The summed E-state index contributed by atoms with van der Waals surface area (Å²) in [5.41, 5.74) is 8.03. The first kappa shape index (κ1) is 16.2. The summed E-state index contributed by atoms with van der Waals surface area (Å²) in [6, 6.07) is 13.4.